The molecule has 1 aromatic rings. The minimum absolute atomic E-state index is 0.0331. The van der Waals surface area contributed by atoms with Crippen LogP contribution in [0, 0.1) is 0 Å². The quantitative estimate of drug-likeness (QED) is 0.726. The molecule has 1 heterocycles. The minimum atomic E-state index is -4.22. The lowest BCUT2D eigenvalue weighted by Gasteiger charge is -2.23. The predicted molar refractivity (Wildman–Crippen MR) is 80.5 cm³/mol. The fourth-order valence-electron chi connectivity index (χ4n) is 2.72. The van der Waals surface area contributed by atoms with Crippen LogP contribution in [-0.2, 0) is 6.54 Å². The molecular weight excluding hydrogens is 355 g/mol. The number of halogens is 6. The maximum absolute atomic E-state index is 12.5. The molecule has 3 nitrogen and oxygen atoms in total. The summed E-state index contributed by atoms with van der Waals surface area (Å²) in [7, 11) is 0. The molecule has 1 saturated heterocycles. The van der Waals surface area contributed by atoms with Crippen LogP contribution in [0.15, 0.2) is 18.2 Å². The SMILES string of the molecule is FC(F)Oc1ccc(Cl)cc1CN1CCCN(CC(F)(F)F)CC1. The minimum Gasteiger partial charge on any atom is -0.434 e. The molecule has 136 valence electrons. The zero-order valence-electron chi connectivity index (χ0n) is 12.8. The first kappa shape index (κ1) is 19.2. The van der Waals surface area contributed by atoms with Crippen LogP contribution in [-0.4, -0.2) is 55.3 Å². The lowest BCUT2D eigenvalue weighted by Crippen LogP contribution is -2.37. The van der Waals surface area contributed by atoms with Gasteiger partial charge in [-0.25, -0.2) is 0 Å². The highest BCUT2D eigenvalue weighted by molar-refractivity contribution is 6.30. The number of hydrogen-bond donors (Lipinski definition) is 0. The topological polar surface area (TPSA) is 15.7 Å². The van der Waals surface area contributed by atoms with Crippen molar-refractivity contribution in [3.63, 3.8) is 0 Å². The Morgan fingerprint density at radius 1 is 1.08 bits per heavy atom. The molecule has 0 spiro atoms. The highest BCUT2D eigenvalue weighted by Gasteiger charge is 2.31. The van der Waals surface area contributed by atoms with Crippen molar-refractivity contribution in [2.24, 2.45) is 0 Å². The van der Waals surface area contributed by atoms with Gasteiger partial charge in [0.05, 0.1) is 6.54 Å². The molecular formula is C15H18ClF5N2O. The summed E-state index contributed by atoms with van der Waals surface area (Å²) in [4.78, 5) is 3.27. The Hall–Kier alpha value is -1.12. The van der Waals surface area contributed by atoms with E-state index >= 15 is 0 Å². The summed E-state index contributed by atoms with van der Waals surface area (Å²) in [6.07, 6.45) is -3.65. The Kier molecular flexibility index (Phi) is 6.65. The van der Waals surface area contributed by atoms with Gasteiger partial charge in [-0.15, -0.1) is 0 Å². The van der Waals surface area contributed by atoms with Gasteiger partial charge in [0.15, 0.2) is 0 Å². The van der Waals surface area contributed by atoms with Gasteiger partial charge in [-0.3, -0.25) is 9.80 Å². The fourth-order valence-corrected chi connectivity index (χ4v) is 2.91. The molecule has 0 aliphatic carbocycles. The molecule has 0 aromatic heterocycles. The number of rotatable bonds is 5. The van der Waals surface area contributed by atoms with Crippen molar-refractivity contribution in [1.29, 1.82) is 0 Å². The molecule has 0 radical (unpaired) electrons. The average molecular weight is 373 g/mol. The normalized spacial score (nSPS) is 18.0. The number of benzene rings is 1. The van der Waals surface area contributed by atoms with Crippen LogP contribution in [0.25, 0.3) is 0 Å². The number of ether oxygens (including phenoxy) is 1. The van der Waals surface area contributed by atoms with Crippen molar-refractivity contribution in [3.05, 3.63) is 28.8 Å². The summed E-state index contributed by atoms with van der Waals surface area (Å²) in [5.41, 5.74) is 0.493. The van der Waals surface area contributed by atoms with E-state index in [1.807, 2.05) is 4.90 Å². The Morgan fingerprint density at radius 3 is 2.42 bits per heavy atom. The first-order valence-electron chi connectivity index (χ1n) is 7.47. The van der Waals surface area contributed by atoms with E-state index in [4.69, 9.17) is 11.6 Å². The van der Waals surface area contributed by atoms with Gasteiger partial charge >= 0.3 is 12.8 Å². The van der Waals surface area contributed by atoms with E-state index in [2.05, 4.69) is 4.74 Å². The Bertz CT molecular complexity index is 541. The fraction of sp³-hybridized carbons (Fsp3) is 0.600. The van der Waals surface area contributed by atoms with E-state index in [0.717, 1.165) is 0 Å². The number of nitrogens with zero attached hydrogens (tertiary/aromatic N) is 2. The molecule has 1 aliphatic heterocycles. The van der Waals surface area contributed by atoms with E-state index in [1.54, 1.807) is 0 Å². The van der Waals surface area contributed by atoms with E-state index < -0.39 is 19.3 Å². The maximum atomic E-state index is 12.5. The second-order valence-electron chi connectivity index (χ2n) is 5.65. The molecule has 0 atom stereocenters. The van der Waals surface area contributed by atoms with Crippen molar-refractivity contribution in [2.75, 3.05) is 32.7 Å². The lowest BCUT2D eigenvalue weighted by atomic mass is 10.2. The molecule has 1 fully saturated rings. The zero-order valence-corrected chi connectivity index (χ0v) is 13.6. The second kappa shape index (κ2) is 8.31. The molecule has 0 unspecified atom stereocenters. The van der Waals surface area contributed by atoms with Crippen molar-refractivity contribution >= 4 is 11.6 Å². The van der Waals surface area contributed by atoms with Gasteiger partial charge in [0.1, 0.15) is 5.75 Å². The van der Waals surface area contributed by atoms with Crippen LogP contribution in [0.4, 0.5) is 22.0 Å². The van der Waals surface area contributed by atoms with Crippen LogP contribution < -0.4 is 4.74 Å². The van der Waals surface area contributed by atoms with E-state index in [0.29, 0.717) is 43.2 Å². The summed E-state index contributed by atoms with van der Waals surface area (Å²) in [6, 6.07) is 4.37. The monoisotopic (exact) mass is 372 g/mol. The average Bonchev–Trinajstić information content (AvgIpc) is 2.65. The third-order valence-electron chi connectivity index (χ3n) is 3.72. The van der Waals surface area contributed by atoms with Gasteiger partial charge in [0, 0.05) is 30.2 Å². The molecule has 24 heavy (non-hydrogen) atoms. The van der Waals surface area contributed by atoms with Crippen LogP contribution in [0.1, 0.15) is 12.0 Å². The molecule has 0 saturated carbocycles. The molecule has 0 N–H and O–H groups in total. The van der Waals surface area contributed by atoms with Crippen LogP contribution in [0.2, 0.25) is 5.02 Å². The molecule has 0 amide bonds. The smallest absolute Gasteiger partial charge is 0.401 e. The van der Waals surface area contributed by atoms with Crippen molar-refractivity contribution in [1.82, 2.24) is 9.80 Å². The molecule has 1 aliphatic rings. The zero-order chi connectivity index (χ0) is 17.7. The number of alkyl halides is 5. The van der Waals surface area contributed by atoms with Crippen LogP contribution in [0.3, 0.4) is 0 Å². The van der Waals surface area contributed by atoms with E-state index in [-0.39, 0.29) is 12.3 Å². The molecule has 2 rings (SSSR count). The summed E-state index contributed by atoms with van der Waals surface area (Å²) in [6.45, 7) is -1.97. The summed E-state index contributed by atoms with van der Waals surface area (Å²) < 4.78 is 66.9. The second-order valence-corrected chi connectivity index (χ2v) is 6.09. The first-order chi connectivity index (χ1) is 11.2. The summed E-state index contributed by atoms with van der Waals surface area (Å²) in [5.74, 6) is 0.0331. The van der Waals surface area contributed by atoms with Gasteiger partial charge < -0.3 is 4.74 Å². The molecule has 9 heteroatoms. The van der Waals surface area contributed by atoms with Crippen molar-refractivity contribution < 1.29 is 26.7 Å². The highest BCUT2D eigenvalue weighted by atomic mass is 35.5. The van der Waals surface area contributed by atoms with Gasteiger partial charge in [-0.05, 0) is 37.7 Å². The van der Waals surface area contributed by atoms with E-state index in [1.165, 1.54) is 23.1 Å². The Balaban J connectivity index is 2.00. The molecule has 0 bridgehead atoms. The third kappa shape index (κ3) is 6.41. The van der Waals surface area contributed by atoms with Crippen molar-refractivity contribution in [2.45, 2.75) is 25.8 Å². The molecule has 1 aromatic carbocycles. The largest absolute Gasteiger partial charge is 0.434 e. The summed E-state index contributed by atoms with van der Waals surface area (Å²) in [5, 5.41) is 0.389. The van der Waals surface area contributed by atoms with Crippen LogP contribution >= 0.6 is 11.6 Å². The van der Waals surface area contributed by atoms with Gasteiger partial charge in [-0.2, -0.15) is 22.0 Å². The Morgan fingerprint density at radius 2 is 1.75 bits per heavy atom. The van der Waals surface area contributed by atoms with E-state index in [9.17, 15) is 22.0 Å². The summed E-state index contributed by atoms with van der Waals surface area (Å²) >= 11 is 5.90. The Labute approximate surface area is 141 Å². The van der Waals surface area contributed by atoms with Crippen LogP contribution in [0.5, 0.6) is 5.75 Å². The van der Waals surface area contributed by atoms with Crippen molar-refractivity contribution in [3.8, 4) is 5.75 Å². The lowest BCUT2D eigenvalue weighted by molar-refractivity contribution is -0.145. The predicted octanol–water partition coefficient (Wildman–Crippen LogP) is 4.01. The van der Waals surface area contributed by atoms with Gasteiger partial charge in [0.25, 0.3) is 0 Å². The highest BCUT2D eigenvalue weighted by Crippen LogP contribution is 2.26. The maximum Gasteiger partial charge on any atom is 0.401 e. The van der Waals surface area contributed by atoms with Gasteiger partial charge in [-0.1, -0.05) is 11.6 Å². The number of hydrogen-bond acceptors (Lipinski definition) is 3. The first-order valence-corrected chi connectivity index (χ1v) is 7.85. The standard InChI is InChI=1S/C15H18ClF5N2O/c16-12-2-3-13(24-14(17)18)11(8-12)9-22-4-1-5-23(7-6-22)10-15(19,20)21/h2-3,8,14H,1,4-7,9-10H2. The third-order valence-corrected chi connectivity index (χ3v) is 3.95. The van der Waals surface area contributed by atoms with Gasteiger partial charge in [0.2, 0.25) is 0 Å².